The number of nitrogens with zero attached hydrogens (tertiary/aromatic N) is 6. The molecule has 5 N–H and O–H groups in total. The maximum absolute atomic E-state index is 13.5. The van der Waals surface area contributed by atoms with Gasteiger partial charge in [0.2, 0.25) is 0 Å². The number of carbonyl (C=O) groups is 2. The Morgan fingerprint density at radius 1 is 0.911 bits per heavy atom. The molecule has 3 amide bonds. The van der Waals surface area contributed by atoms with Gasteiger partial charge in [-0.1, -0.05) is 62.7 Å². The van der Waals surface area contributed by atoms with Gasteiger partial charge in [0.25, 0.3) is 5.91 Å². The molecule has 4 heterocycles. The lowest BCUT2D eigenvalue weighted by Gasteiger charge is -2.15. The second-order valence-corrected chi connectivity index (χ2v) is 14.9. The van der Waals surface area contributed by atoms with Crippen LogP contribution in [0.4, 0.5) is 27.9 Å². The lowest BCUT2D eigenvalue weighted by Crippen LogP contribution is -2.34. The number of fused-ring (bicyclic) bond motifs is 1. The monoisotopic (exact) mass is 754 g/mol. The van der Waals surface area contributed by atoms with Gasteiger partial charge in [-0.3, -0.25) is 15.0 Å². The third kappa shape index (κ3) is 9.28. The van der Waals surface area contributed by atoms with Crippen molar-refractivity contribution in [2.45, 2.75) is 52.2 Å². The maximum Gasteiger partial charge on any atom is 0.324 e. The minimum atomic E-state index is -0.396. The van der Waals surface area contributed by atoms with Crippen LogP contribution in [0, 0.1) is 6.92 Å². The molecule has 0 bridgehead atoms. The average Bonchev–Trinajstić information content (AvgIpc) is 3.81. The van der Waals surface area contributed by atoms with Gasteiger partial charge in [0.15, 0.2) is 0 Å². The SMILES string of the molecule is Cc1ccc(-n2nc(C(C)(C)C)cc2NC(=O)Nc2ccc(OCc3ccnc(Nc4cnc(C(=O)NCCN5CC[C@@H](O)C5)cn4)c3)c3ccccc23)cc1. The Morgan fingerprint density at radius 2 is 1.71 bits per heavy atom. The first-order valence-electron chi connectivity index (χ1n) is 18.6. The number of urea groups is 1. The first-order chi connectivity index (χ1) is 27.0. The summed E-state index contributed by atoms with van der Waals surface area (Å²) in [5.41, 5.74) is 4.33. The van der Waals surface area contributed by atoms with Gasteiger partial charge < -0.3 is 25.8 Å². The number of aliphatic hydroxyl groups excluding tert-OH is 1. The molecule has 1 aliphatic heterocycles. The van der Waals surface area contributed by atoms with Crippen LogP contribution in [0.1, 0.15) is 54.5 Å². The quantitative estimate of drug-likeness (QED) is 0.0920. The number of rotatable bonds is 12. The molecule has 0 unspecified atom stereocenters. The summed E-state index contributed by atoms with van der Waals surface area (Å²) in [6.45, 7) is 11.1. The summed E-state index contributed by atoms with van der Waals surface area (Å²) in [4.78, 5) is 41.1. The normalized spacial score (nSPS) is 14.4. The van der Waals surface area contributed by atoms with E-state index < -0.39 is 6.03 Å². The van der Waals surface area contributed by atoms with Gasteiger partial charge in [0.1, 0.15) is 35.5 Å². The Kier molecular flexibility index (Phi) is 11.2. The number of hydrogen-bond acceptors (Lipinski definition) is 10. The van der Waals surface area contributed by atoms with Gasteiger partial charge in [0.05, 0.1) is 35.6 Å². The van der Waals surface area contributed by atoms with Crippen molar-refractivity contribution in [2.75, 3.05) is 42.1 Å². The molecule has 1 saturated heterocycles. The van der Waals surface area contributed by atoms with Crippen LogP contribution in [0.5, 0.6) is 5.75 Å². The van der Waals surface area contributed by atoms with E-state index in [1.54, 1.807) is 10.9 Å². The topological polar surface area (TPSA) is 171 Å². The lowest BCUT2D eigenvalue weighted by molar-refractivity contribution is 0.0943. The molecule has 56 heavy (non-hydrogen) atoms. The van der Waals surface area contributed by atoms with Crippen LogP contribution in [0.2, 0.25) is 0 Å². The van der Waals surface area contributed by atoms with E-state index in [9.17, 15) is 14.7 Å². The number of β-amino-alcohol motifs (C(OH)–C–C–N with tert-alkyl or cyclic N) is 1. The second kappa shape index (κ2) is 16.6. The summed E-state index contributed by atoms with van der Waals surface area (Å²) in [5, 5.41) is 28.2. The number of hydrogen-bond donors (Lipinski definition) is 5. The number of amides is 3. The standard InChI is InChI=1S/C42H46N10O4/c1-27-9-11-29(12-10-27)52-39(22-36(50-52)42(2,3)4)49-41(55)47-33-13-14-35(32-8-6-5-7-31(32)33)56-26-28-15-17-43-37(21-28)48-38-24-45-34(23-46-38)40(54)44-18-20-51-19-16-30(53)25-51/h5-15,17,21-24,30,53H,16,18-20,25-26H2,1-4H3,(H,44,54)(H,43,46,48)(H2,47,49,55)/t30-/m1/s1. The van der Waals surface area contributed by atoms with Crippen molar-refractivity contribution in [3.8, 4) is 11.4 Å². The molecule has 1 atom stereocenters. The third-order valence-electron chi connectivity index (χ3n) is 9.45. The highest BCUT2D eigenvalue weighted by atomic mass is 16.5. The van der Waals surface area contributed by atoms with E-state index in [-0.39, 0.29) is 29.7 Å². The van der Waals surface area contributed by atoms with Crippen LogP contribution in [-0.4, -0.2) is 79.0 Å². The number of pyridine rings is 1. The van der Waals surface area contributed by atoms with Crippen molar-refractivity contribution in [3.63, 3.8) is 0 Å². The number of nitrogens with one attached hydrogen (secondary N) is 4. The van der Waals surface area contributed by atoms with Gasteiger partial charge in [0, 0.05) is 54.6 Å². The van der Waals surface area contributed by atoms with Crippen LogP contribution in [-0.2, 0) is 12.0 Å². The minimum Gasteiger partial charge on any atom is -0.488 e. The van der Waals surface area contributed by atoms with E-state index in [1.165, 1.54) is 12.4 Å². The number of benzene rings is 3. The molecule has 6 aromatic rings. The van der Waals surface area contributed by atoms with Gasteiger partial charge >= 0.3 is 6.03 Å². The zero-order chi connectivity index (χ0) is 39.2. The Hall–Kier alpha value is -6.38. The van der Waals surface area contributed by atoms with Crippen molar-refractivity contribution in [3.05, 3.63) is 120 Å². The Bertz CT molecular complexity index is 2320. The molecule has 1 fully saturated rings. The van der Waals surface area contributed by atoms with E-state index in [0.717, 1.165) is 46.2 Å². The molecule has 0 radical (unpaired) electrons. The van der Waals surface area contributed by atoms with Crippen LogP contribution < -0.4 is 26.0 Å². The van der Waals surface area contributed by atoms with Crippen LogP contribution in [0.25, 0.3) is 16.5 Å². The fraction of sp³-hybridized carbons (Fsp3) is 0.286. The van der Waals surface area contributed by atoms with Gasteiger partial charge in [-0.2, -0.15) is 5.10 Å². The molecule has 0 aliphatic carbocycles. The summed E-state index contributed by atoms with van der Waals surface area (Å²) >= 11 is 0. The van der Waals surface area contributed by atoms with E-state index >= 15 is 0 Å². The highest BCUT2D eigenvalue weighted by molar-refractivity contribution is 6.07. The molecule has 0 spiro atoms. The fourth-order valence-electron chi connectivity index (χ4n) is 6.36. The number of anilines is 4. The summed E-state index contributed by atoms with van der Waals surface area (Å²) in [6.07, 6.45) is 5.05. The molecular weight excluding hydrogens is 709 g/mol. The summed E-state index contributed by atoms with van der Waals surface area (Å²) in [7, 11) is 0. The first-order valence-corrected chi connectivity index (χ1v) is 18.6. The Balaban J connectivity index is 0.974. The molecule has 288 valence electrons. The van der Waals surface area contributed by atoms with Crippen molar-refractivity contribution in [1.82, 2.24) is 34.9 Å². The van der Waals surface area contributed by atoms with Crippen molar-refractivity contribution < 1.29 is 19.4 Å². The lowest BCUT2D eigenvalue weighted by atomic mass is 9.92. The molecule has 3 aromatic heterocycles. The second-order valence-electron chi connectivity index (χ2n) is 14.9. The minimum absolute atomic E-state index is 0.210. The Labute approximate surface area is 325 Å². The summed E-state index contributed by atoms with van der Waals surface area (Å²) in [6, 6.07) is 24.6. The van der Waals surface area contributed by atoms with E-state index in [0.29, 0.717) is 48.5 Å². The predicted molar refractivity (Wildman–Crippen MR) is 217 cm³/mol. The number of ether oxygens (including phenoxy) is 1. The predicted octanol–water partition coefficient (Wildman–Crippen LogP) is 6.58. The van der Waals surface area contributed by atoms with Crippen molar-refractivity contribution in [1.29, 1.82) is 0 Å². The van der Waals surface area contributed by atoms with E-state index in [2.05, 4.69) is 61.9 Å². The maximum atomic E-state index is 13.5. The number of carbonyl (C=O) groups excluding carboxylic acids is 2. The zero-order valence-electron chi connectivity index (χ0n) is 31.9. The molecule has 0 saturated carbocycles. The summed E-state index contributed by atoms with van der Waals surface area (Å²) < 4.78 is 8.06. The smallest absolute Gasteiger partial charge is 0.324 e. The Morgan fingerprint density at radius 3 is 2.45 bits per heavy atom. The van der Waals surface area contributed by atoms with Crippen LogP contribution in [0.3, 0.4) is 0 Å². The molecular formula is C42H46N10O4. The number of likely N-dealkylation sites (tertiary alicyclic amines) is 1. The number of aliphatic hydroxyl groups is 1. The van der Waals surface area contributed by atoms with Crippen molar-refractivity contribution in [2.24, 2.45) is 0 Å². The highest BCUT2D eigenvalue weighted by Gasteiger charge is 2.22. The average molecular weight is 755 g/mol. The van der Waals surface area contributed by atoms with Gasteiger partial charge in [-0.05, 0) is 55.3 Å². The fourth-order valence-corrected chi connectivity index (χ4v) is 6.36. The molecule has 7 rings (SSSR count). The van der Waals surface area contributed by atoms with Gasteiger partial charge in [-0.25, -0.2) is 24.4 Å². The van der Waals surface area contributed by atoms with E-state index in [4.69, 9.17) is 9.84 Å². The van der Waals surface area contributed by atoms with E-state index in [1.807, 2.05) is 85.8 Å². The number of aryl methyl sites for hydroxylation is 1. The first kappa shape index (κ1) is 37.9. The number of aromatic nitrogens is 5. The zero-order valence-corrected chi connectivity index (χ0v) is 31.9. The van der Waals surface area contributed by atoms with Crippen LogP contribution in [0.15, 0.2) is 97.5 Å². The highest BCUT2D eigenvalue weighted by Crippen LogP contribution is 2.33. The third-order valence-corrected chi connectivity index (χ3v) is 9.45. The molecule has 3 aromatic carbocycles. The molecule has 14 heteroatoms. The van der Waals surface area contributed by atoms with Crippen LogP contribution >= 0.6 is 0 Å². The summed E-state index contributed by atoms with van der Waals surface area (Å²) in [5.74, 6) is 1.88. The largest absolute Gasteiger partial charge is 0.488 e. The van der Waals surface area contributed by atoms with Gasteiger partial charge in [-0.15, -0.1) is 0 Å². The molecule has 14 nitrogen and oxygen atoms in total. The molecule has 1 aliphatic rings. The van der Waals surface area contributed by atoms with Crippen molar-refractivity contribution >= 4 is 45.9 Å².